The van der Waals surface area contributed by atoms with Crippen LogP contribution in [-0.4, -0.2) is 62.9 Å². The number of rotatable bonds is 8. The van der Waals surface area contributed by atoms with Crippen LogP contribution < -0.4 is 9.80 Å². The molecule has 1 aromatic rings. The number of unbranched alkanes of at least 4 members (excludes halogenated alkanes) is 1. The highest BCUT2D eigenvalue weighted by Crippen LogP contribution is 2.46. The van der Waals surface area contributed by atoms with Crippen molar-refractivity contribution >= 4 is 11.4 Å². The molecule has 0 amide bonds. The largest absolute Gasteiger partial charge is 0.375 e. The van der Waals surface area contributed by atoms with E-state index in [0.29, 0.717) is 23.5 Å². The summed E-state index contributed by atoms with van der Waals surface area (Å²) >= 11 is 0. The van der Waals surface area contributed by atoms with Crippen molar-refractivity contribution in [1.82, 2.24) is 4.90 Å². The average molecular weight is 470 g/mol. The number of ether oxygens (including phenoxy) is 1. The van der Waals surface area contributed by atoms with E-state index in [-0.39, 0.29) is 0 Å². The van der Waals surface area contributed by atoms with Gasteiger partial charge in [-0.05, 0) is 100 Å². The van der Waals surface area contributed by atoms with Gasteiger partial charge in [0.15, 0.2) is 0 Å². The van der Waals surface area contributed by atoms with Gasteiger partial charge in [0.2, 0.25) is 0 Å². The molecule has 0 unspecified atom stereocenters. The van der Waals surface area contributed by atoms with Crippen LogP contribution in [0.25, 0.3) is 0 Å². The molecule has 0 N–H and O–H groups in total. The summed E-state index contributed by atoms with van der Waals surface area (Å²) < 4.78 is 6.11. The second kappa shape index (κ2) is 11.6. The normalized spacial score (nSPS) is 23.1. The molecule has 3 fully saturated rings. The fraction of sp³-hybridized carbons (Fsp3) is 0.800. The molecule has 34 heavy (non-hydrogen) atoms. The number of hydrogen-bond acceptors (Lipinski definition) is 4. The standard InChI is InChI=1S/C30H51N3O/c1-6-7-16-31-19-21-33(22-20-31)29-9-8-26(32-17-12-27(13-18-32)34-24(2)3)23-28(29)25-10-14-30(4,5)15-11-25/h8-9,23-25,27H,6-7,10-22H2,1-5H3. The van der Waals surface area contributed by atoms with Crippen LogP contribution in [0.4, 0.5) is 11.4 Å². The van der Waals surface area contributed by atoms with E-state index in [1.807, 2.05) is 0 Å². The Balaban J connectivity index is 1.49. The minimum Gasteiger partial charge on any atom is -0.375 e. The molecule has 192 valence electrons. The number of benzene rings is 1. The van der Waals surface area contributed by atoms with Gasteiger partial charge in [-0.25, -0.2) is 0 Å². The van der Waals surface area contributed by atoms with E-state index in [0.717, 1.165) is 25.9 Å². The van der Waals surface area contributed by atoms with Gasteiger partial charge in [-0.15, -0.1) is 0 Å². The first-order valence-corrected chi connectivity index (χ1v) is 14.4. The molecule has 0 bridgehead atoms. The van der Waals surface area contributed by atoms with E-state index < -0.39 is 0 Å². The summed E-state index contributed by atoms with van der Waals surface area (Å²) in [4.78, 5) is 7.98. The van der Waals surface area contributed by atoms with Gasteiger partial charge in [0, 0.05) is 50.6 Å². The molecule has 0 radical (unpaired) electrons. The number of anilines is 2. The SMILES string of the molecule is CCCCN1CCN(c2ccc(N3CCC(OC(C)C)CC3)cc2C2CCC(C)(C)CC2)CC1. The zero-order valence-corrected chi connectivity index (χ0v) is 22.8. The summed E-state index contributed by atoms with van der Waals surface area (Å²) in [5.41, 5.74) is 5.11. The van der Waals surface area contributed by atoms with Gasteiger partial charge >= 0.3 is 0 Å². The quantitative estimate of drug-likeness (QED) is 0.422. The molecular weight excluding hydrogens is 418 g/mol. The first kappa shape index (κ1) is 25.8. The summed E-state index contributed by atoms with van der Waals surface area (Å²) in [5, 5.41) is 0. The lowest BCUT2D eigenvalue weighted by molar-refractivity contribution is -0.00478. The van der Waals surface area contributed by atoms with Gasteiger partial charge in [-0.2, -0.15) is 0 Å². The van der Waals surface area contributed by atoms with Crippen molar-refractivity contribution in [1.29, 1.82) is 0 Å². The minimum atomic E-state index is 0.334. The Bertz CT molecular complexity index is 750. The molecule has 1 saturated carbocycles. The van der Waals surface area contributed by atoms with E-state index in [1.54, 1.807) is 5.56 Å². The second-order valence-corrected chi connectivity index (χ2v) is 12.2. The fourth-order valence-electron chi connectivity index (χ4n) is 6.29. The summed E-state index contributed by atoms with van der Waals surface area (Å²) in [6.07, 6.45) is 11.1. The summed E-state index contributed by atoms with van der Waals surface area (Å²) in [7, 11) is 0. The Morgan fingerprint density at radius 1 is 0.912 bits per heavy atom. The predicted molar refractivity (Wildman–Crippen MR) is 146 cm³/mol. The van der Waals surface area contributed by atoms with Crippen molar-refractivity contribution in [3.05, 3.63) is 23.8 Å². The van der Waals surface area contributed by atoms with Crippen LogP contribution in [0.5, 0.6) is 0 Å². The minimum absolute atomic E-state index is 0.334. The molecule has 1 aromatic carbocycles. The second-order valence-electron chi connectivity index (χ2n) is 12.2. The topological polar surface area (TPSA) is 19.0 Å². The van der Waals surface area contributed by atoms with Crippen molar-refractivity contribution in [3.8, 4) is 0 Å². The van der Waals surface area contributed by atoms with Crippen molar-refractivity contribution in [3.63, 3.8) is 0 Å². The van der Waals surface area contributed by atoms with Crippen LogP contribution in [0.15, 0.2) is 18.2 Å². The third-order valence-corrected chi connectivity index (χ3v) is 8.60. The zero-order valence-electron chi connectivity index (χ0n) is 22.8. The van der Waals surface area contributed by atoms with Gasteiger partial charge in [-0.3, -0.25) is 4.90 Å². The first-order chi connectivity index (χ1) is 16.3. The van der Waals surface area contributed by atoms with E-state index in [9.17, 15) is 0 Å². The van der Waals surface area contributed by atoms with Crippen LogP contribution in [0.1, 0.15) is 97.5 Å². The Hall–Kier alpha value is -1.26. The molecule has 4 nitrogen and oxygen atoms in total. The smallest absolute Gasteiger partial charge is 0.0612 e. The average Bonchev–Trinajstić information content (AvgIpc) is 2.83. The van der Waals surface area contributed by atoms with Crippen molar-refractivity contribution in [2.75, 3.05) is 55.6 Å². The summed E-state index contributed by atoms with van der Waals surface area (Å²) in [5.74, 6) is 0.711. The Labute approximate surface area is 210 Å². The van der Waals surface area contributed by atoms with Crippen molar-refractivity contribution < 1.29 is 4.74 Å². The van der Waals surface area contributed by atoms with Gasteiger partial charge in [-0.1, -0.05) is 27.2 Å². The molecular formula is C30H51N3O. The lowest BCUT2D eigenvalue weighted by atomic mass is 9.71. The molecule has 2 aliphatic heterocycles. The molecule has 0 aromatic heterocycles. The molecule has 2 saturated heterocycles. The van der Waals surface area contributed by atoms with E-state index in [2.05, 4.69) is 67.5 Å². The highest BCUT2D eigenvalue weighted by Gasteiger charge is 2.31. The van der Waals surface area contributed by atoms with E-state index in [1.165, 1.54) is 82.6 Å². The number of nitrogens with zero attached hydrogens (tertiary/aromatic N) is 3. The maximum Gasteiger partial charge on any atom is 0.0612 e. The van der Waals surface area contributed by atoms with E-state index in [4.69, 9.17) is 4.74 Å². The first-order valence-electron chi connectivity index (χ1n) is 14.4. The third-order valence-electron chi connectivity index (χ3n) is 8.60. The van der Waals surface area contributed by atoms with Gasteiger partial charge in [0.25, 0.3) is 0 Å². The molecule has 2 heterocycles. The lowest BCUT2D eigenvalue weighted by Gasteiger charge is -2.41. The maximum absolute atomic E-state index is 6.11. The monoisotopic (exact) mass is 469 g/mol. The highest BCUT2D eigenvalue weighted by molar-refractivity contribution is 5.63. The van der Waals surface area contributed by atoms with Crippen LogP contribution in [0, 0.1) is 5.41 Å². The van der Waals surface area contributed by atoms with Gasteiger partial charge in [0.1, 0.15) is 0 Å². The molecule has 0 spiro atoms. The van der Waals surface area contributed by atoms with Gasteiger partial charge < -0.3 is 14.5 Å². The fourth-order valence-corrected chi connectivity index (χ4v) is 6.29. The number of hydrogen-bond donors (Lipinski definition) is 0. The summed E-state index contributed by atoms with van der Waals surface area (Å²) in [6, 6.07) is 7.48. The molecule has 4 rings (SSSR count). The predicted octanol–water partition coefficient (Wildman–Crippen LogP) is 6.69. The van der Waals surface area contributed by atoms with Crippen LogP contribution >= 0.6 is 0 Å². The Morgan fingerprint density at radius 2 is 1.59 bits per heavy atom. The molecule has 1 aliphatic carbocycles. The Kier molecular flexibility index (Phi) is 8.85. The van der Waals surface area contributed by atoms with Crippen molar-refractivity contribution in [2.24, 2.45) is 5.41 Å². The van der Waals surface area contributed by atoms with Gasteiger partial charge in [0.05, 0.1) is 12.2 Å². The lowest BCUT2D eigenvalue weighted by Crippen LogP contribution is -2.47. The molecule has 3 aliphatic rings. The van der Waals surface area contributed by atoms with Crippen molar-refractivity contribution in [2.45, 2.75) is 104 Å². The highest BCUT2D eigenvalue weighted by atomic mass is 16.5. The Morgan fingerprint density at radius 3 is 2.21 bits per heavy atom. The molecule has 4 heteroatoms. The third kappa shape index (κ3) is 6.69. The molecule has 0 atom stereocenters. The maximum atomic E-state index is 6.11. The number of piperidine rings is 1. The van der Waals surface area contributed by atoms with Crippen LogP contribution in [-0.2, 0) is 4.74 Å². The number of piperazine rings is 1. The van der Waals surface area contributed by atoms with E-state index >= 15 is 0 Å². The summed E-state index contributed by atoms with van der Waals surface area (Å²) in [6.45, 7) is 19.8. The van der Waals surface area contributed by atoms with Crippen LogP contribution in [0.3, 0.4) is 0 Å². The zero-order chi connectivity index (χ0) is 24.1. The van der Waals surface area contributed by atoms with Crippen LogP contribution in [0.2, 0.25) is 0 Å².